The second-order valence-corrected chi connectivity index (χ2v) is 28.5. The lowest BCUT2D eigenvalue weighted by Gasteiger charge is -2.21. The number of ether oxygens (including phenoxy) is 4. The molecule has 17 nitrogen and oxygen atoms in total. The number of esters is 4. The fraction of sp³-hybridized carbons (Fsp3) is 0.940. The number of hydrogen-bond acceptors (Lipinski definition) is 15. The van der Waals surface area contributed by atoms with E-state index in [0.717, 1.165) is 114 Å². The van der Waals surface area contributed by atoms with Crippen LogP contribution in [0.4, 0.5) is 0 Å². The van der Waals surface area contributed by atoms with Crippen molar-refractivity contribution < 1.29 is 80.2 Å². The highest BCUT2D eigenvalue weighted by atomic mass is 31.2. The Kier molecular flexibility index (Phi) is 56.9. The number of phosphoric acid groups is 2. The summed E-state index contributed by atoms with van der Waals surface area (Å²) in [5.74, 6) is 0.140. The lowest BCUT2D eigenvalue weighted by molar-refractivity contribution is -0.161. The Morgan fingerprint density at radius 2 is 0.535 bits per heavy atom. The molecule has 86 heavy (non-hydrogen) atoms. The molecule has 0 aliphatic carbocycles. The van der Waals surface area contributed by atoms with Crippen LogP contribution in [0.15, 0.2) is 0 Å². The highest BCUT2D eigenvalue weighted by Crippen LogP contribution is 2.45. The third-order valence-corrected chi connectivity index (χ3v) is 17.3. The number of hydrogen-bond donors (Lipinski definition) is 3. The van der Waals surface area contributed by atoms with Crippen LogP contribution < -0.4 is 0 Å². The van der Waals surface area contributed by atoms with E-state index in [4.69, 9.17) is 37.0 Å². The summed E-state index contributed by atoms with van der Waals surface area (Å²) in [4.78, 5) is 72.1. The zero-order valence-electron chi connectivity index (χ0n) is 55.8. The van der Waals surface area contributed by atoms with Crippen LogP contribution in [0.5, 0.6) is 0 Å². The minimum absolute atomic E-state index is 0.104. The van der Waals surface area contributed by atoms with E-state index in [0.29, 0.717) is 25.7 Å². The average molecular weight is 1270 g/mol. The summed E-state index contributed by atoms with van der Waals surface area (Å²) in [6.07, 6.45) is 40.7. The van der Waals surface area contributed by atoms with Gasteiger partial charge in [-0.05, 0) is 43.4 Å². The van der Waals surface area contributed by atoms with Gasteiger partial charge in [0.05, 0.1) is 26.4 Å². The summed E-state index contributed by atoms with van der Waals surface area (Å²) in [6.45, 7) is 11.7. The summed E-state index contributed by atoms with van der Waals surface area (Å²) in [6, 6.07) is 0. The zero-order chi connectivity index (χ0) is 63.8. The molecule has 0 bridgehead atoms. The molecule has 0 aliphatic rings. The zero-order valence-corrected chi connectivity index (χ0v) is 57.6. The minimum atomic E-state index is -4.95. The highest BCUT2D eigenvalue weighted by Gasteiger charge is 2.30. The number of unbranched alkanes of at least 4 members (excludes halogenated alkanes) is 33. The summed E-state index contributed by atoms with van der Waals surface area (Å²) in [5.41, 5.74) is 0. The monoisotopic (exact) mass is 1270 g/mol. The molecule has 0 fully saturated rings. The molecule has 0 aromatic carbocycles. The molecule has 2 unspecified atom stereocenters. The van der Waals surface area contributed by atoms with Crippen LogP contribution in [0, 0.1) is 17.8 Å². The number of phosphoric ester groups is 2. The van der Waals surface area contributed by atoms with Gasteiger partial charge in [-0.15, -0.1) is 0 Å². The van der Waals surface area contributed by atoms with Gasteiger partial charge < -0.3 is 33.8 Å². The highest BCUT2D eigenvalue weighted by molar-refractivity contribution is 7.47. The topological polar surface area (TPSA) is 237 Å². The molecule has 0 heterocycles. The number of carbonyl (C=O) groups excluding carboxylic acids is 4. The van der Waals surface area contributed by atoms with Gasteiger partial charge in [0.2, 0.25) is 0 Å². The smallest absolute Gasteiger partial charge is 0.462 e. The molecular weight excluding hydrogens is 1140 g/mol. The first-order chi connectivity index (χ1) is 41.2. The largest absolute Gasteiger partial charge is 0.472 e. The minimum Gasteiger partial charge on any atom is -0.462 e. The fourth-order valence-corrected chi connectivity index (χ4v) is 11.6. The SMILES string of the molecule is CCCCCCCC(=O)OC[C@H](COP(=O)(O)OC[C@H](O)COP(=O)(O)OC[C@@H](COC(=O)CCCCCCCCCCCCC(C)C)OC(=O)CCCCCCCCCCCCCCCC(C)C)OC(=O)CCCCCCCCCCCC(C)C. The lowest BCUT2D eigenvalue weighted by Crippen LogP contribution is -2.30. The van der Waals surface area contributed by atoms with Gasteiger partial charge in [-0.25, -0.2) is 9.13 Å². The standard InChI is InChI=1S/C67H130O17P2/c1-8-9-10-31-41-48-64(69)77-54-62(83-67(72)51-44-37-30-24-18-21-27-34-40-47-60(6)7)56-81-85(73,74)79-52-61(68)53-80-86(75,76)82-57-63(55-78-65(70)49-42-35-28-22-17-16-20-26-33-39-46-59(4)5)84-66(71)50-43-36-29-23-15-13-11-12-14-19-25-32-38-45-58(2)3/h58-63,68H,8-57H2,1-7H3,(H,73,74)(H,75,76)/t61-,62+,63+/m0/s1. The molecule has 0 aliphatic heterocycles. The van der Waals surface area contributed by atoms with E-state index in [2.05, 4.69) is 48.5 Å². The average Bonchev–Trinajstić information content (AvgIpc) is 3.55. The lowest BCUT2D eigenvalue weighted by atomic mass is 10.0. The van der Waals surface area contributed by atoms with Crippen molar-refractivity contribution >= 4 is 39.5 Å². The van der Waals surface area contributed by atoms with Crippen LogP contribution in [0.25, 0.3) is 0 Å². The Labute approximate surface area is 524 Å². The molecule has 0 radical (unpaired) electrons. The van der Waals surface area contributed by atoms with Crippen LogP contribution in [0.1, 0.15) is 331 Å². The van der Waals surface area contributed by atoms with Gasteiger partial charge in [0.1, 0.15) is 19.3 Å². The molecule has 510 valence electrons. The first-order valence-electron chi connectivity index (χ1n) is 34.8. The van der Waals surface area contributed by atoms with Gasteiger partial charge in [-0.3, -0.25) is 37.3 Å². The van der Waals surface area contributed by atoms with Crippen molar-refractivity contribution in [2.75, 3.05) is 39.6 Å². The second kappa shape index (κ2) is 58.2. The van der Waals surface area contributed by atoms with E-state index < -0.39 is 97.5 Å². The molecule has 3 N–H and O–H groups in total. The van der Waals surface area contributed by atoms with Gasteiger partial charge >= 0.3 is 39.5 Å². The van der Waals surface area contributed by atoms with E-state index >= 15 is 0 Å². The van der Waals surface area contributed by atoms with Crippen molar-refractivity contribution in [3.8, 4) is 0 Å². The molecular formula is C67H130O17P2. The van der Waals surface area contributed by atoms with Crippen LogP contribution in [-0.2, 0) is 65.4 Å². The molecule has 0 saturated heterocycles. The van der Waals surface area contributed by atoms with Gasteiger partial charge in [0.15, 0.2) is 12.2 Å². The van der Waals surface area contributed by atoms with Gasteiger partial charge in [0.25, 0.3) is 0 Å². The van der Waals surface area contributed by atoms with E-state index in [-0.39, 0.29) is 25.7 Å². The van der Waals surface area contributed by atoms with Crippen molar-refractivity contribution in [2.45, 2.75) is 349 Å². The third-order valence-electron chi connectivity index (χ3n) is 15.4. The van der Waals surface area contributed by atoms with Crippen molar-refractivity contribution in [3.63, 3.8) is 0 Å². The number of carbonyl (C=O) groups is 4. The van der Waals surface area contributed by atoms with E-state index in [1.54, 1.807) is 0 Å². The van der Waals surface area contributed by atoms with Gasteiger partial charge in [0, 0.05) is 25.7 Å². The number of rotatable bonds is 65. The molecule has 0 spiro atoms. The molecule has 0 aromatic heterocycles. The van der Waals surface area contributed by atoms with E-state index in [1.807, 2.05) is 0 Å². The van der Waals surface area contributed by atoms with Gasteiger partial charge in [-0.2, -0.15) is 0 Å². The molecule has 0 amide bonds. The number of aliphatic hydroxyl groups is 1. The van der Waals surface area contributed by atoms with Crippen molar-refractivity contribution in [1.82, 2.24) is 0 Å². The number of aliphatic hydroxyl groups excluding tert-OH is 1. The maximum absolute atomic E-state index is 13.0. The normalized spacial score (nSPS) is 14.3. The summed E-state index contributed by atoms with van der Waals surface area (Å²) in [7, 11) is -9.89. The first kappa shape index (κ1) is 84.1. The van der Waals surface area contributed by atoms with Crippen molar-refractivity contribution in [3.05, 3.63) is 0 Å². The molecule has 5 atom stereocenters. The predicted molar refractivity (Wildman–Crippen MR) is 344 cm³/mol. The second-order valence-electron chi connectivity index (χ2n) is 25.6. The van der Waals surface area contributed by atoms with E-state index in [1.165, 1.54) is 135 Å². The maximum Gasteiger partial charge on any atom is 0.472 e. The molecule has 0 saturated carbocycles. The Morgan fingerprint density at radius 1 is 0.314 bits per heavy atom. The van der Waals surface area contributed by atoms with Crippen molar-refractivity contribution in [1.29, 1.82) is 0 Å². The quantitative estimate of drug-likeness (QED) is 0.0222. The first-order valence-corrected chi connectivity index (χ1v) is 37.8. The Morgan fingerprint density at radius 3 is 0.791 bits per heavy atom. The molecule has 19 heteroatoms. The van der Waals surface area contributed by atoms with Crippen LogP contribution >= 0.6 is 15.6 Å². The van der Waals surface area contributed by atoms with Gasteiger partial charge in [-0.1, -0.05) is 280 Å². The van der Waals surface area contributed by atoms with Crippen LogP contribution in [0.2, 0.25) is 0 Å². The fourth-order valence-electron chi connectivity index (χ4n) is 10.0. The predicted octanol–water partition coefficient (Wildman–Crippen LogP) is 18.7. The summed E-state index contributed by atoms with van der Waals surface area (Å²) >= 11 is 0. The molecule has 0 rings (SSSR count). The Bertz CT molecular complexity index is 1700. The maximum atomic E-state index is 13.0. The third kappa shape index (κ3) is 60.9. The Hall–Kier alpha value is -1.94. The summed E-state index contributed by atoms with van der Waals surface area (Å²) in [5, 5.41) is 10.5. The Balaban J connectivity index is 5.17. The van der Waals surface area contributed by atoms with E-state index in [9.17, 15) is 43.2 Å². The summed E-state index contributed by atoms with van der Waals surface area (Å²) < 4.78 is 68.0. The van der Waals surface area contributed by atoms with Crippen molar-refractivity contribution in [2.24, 2.45) is 17.8 Å². The molecule has 0 aromatic rings. The van der Waals surface area contributed by atoms with Crippen LogP contribution in [0.3, 0.4) is 0 Å². The van der Waals surface area contributed by atoms with Crippen LogP contribution in [-0.4, -0.2) is 96.7 Å².